The number of pyridine rings is 1. The number of aromatic amines is 1. The summed E-state index contributed by atoms with van der Waals surface area (Å²) in [6, 6.07) is 1.61. The number of hydrogen-bond acceptors (Lipinski definition) is 3. The molecule has 0 radical (unpaired) electrons. The average molecular weight is 324 g/mol. The Labute approximate surface area is 131 Å². The summed E-state index contributed by atoms with van der Waals surface area (Å²) in [6.07, 6.45) is 1.14. The first kappa shape index (κ1) is 17.1. The van der Waals surface area contributed by atoms with Gasteiger partial charge >= 0.3 is 0 Å². The van der Waals surface area contributed by atoms with Gasteiger partial charge in [-0.15, -0.1) is 0 Å². The highest BCUT2D eigenvalue weighted by molar-refractivity contribution is 5.97. The fourth-order valence-electron chi connectivity index (χ4n) is 1.94. The summed E-state index contributed by atoms with van der Waals surface area (Å²) in [4.78, 5) is 27.0. The van der Waals surface area contributed by atoms with Gasteiger partial charge in [0.15, 0.2) is 11.6 Å². The topological polar surface area (TPSA) is 82.2 Å². The molecule has 1 aromatic heterocycles. The number of rotatable bonds is 4. The lowest BCUT2D eigenvalue weighted by Gasteiger charge is -2.27. The minimum Gasteiger partial charge on any atom is -0.388 e. The number of carbonyl (C=O) groups is 1. The summed E-state index contributed by atoms with van der Waals surface area (Å²) in [5.41, 5.74) is -1.98. The first-order valence-electron chi connectivity index (χ1n) is 7.14. The van der Waals surface area contributed by atoms with Crippen molar-refractivity contribution >= 4 is 16.8 Å². The second-order valence-corrected chi connectivity index (χ2v) is 6.04. The third-order valence-electron chi connectivity index (χ3n) is 4.02. The minimum atomic E-state index is -1.16. The zero-order valence-corrected chi connectivity index (χ0v) is 13.0. The van der Waals surface area contributed by atoms with Crippen molar-refractivity contribution in [2.45, 2.75) is 26.4 Å². The van der Waals surface area contributed by atoms with Crippen molar-refractivity contribution in [1.82, 2.24) is 10.3 Å². The highest BCUT2D eigenvalue weighted by atomic mass is 19.2. The highest BCUT2D eigenvalue weighted by Gasteiger charge is 2.26. The normalized spacial score (nSPS) is 14.0. The van der Waals surface area contributed by atoms with Crippen LogP contribution in [0.25, 0.3) is 10.9 Å². The van der Waals surface area contributed by atoms with Gasteiger partial charge in [-0.2, -0.15) is 0 Å². The fourth-order valence-corrected chi connectivity index (χ4v) is 1.94. The zero-order chi connectivity index (χ0) is 17.4. The molecule has 5 nitrogen and oxygen atoms in total. The lowest BCUT2D eigenvalue weighted by Crippen LogP contribution is -2.45. The van der Waals surface area contributed by atoms with E-state index in [1.807, 2.05) is 0 Å². The number of hydrogen-bond donors (Lipinski definition) is 3. The molecule has 0 bridgehead atoms. The zero-order valence-electron chi connectivity index (χ0n) is 13.0. The number of H-pyrrole nitrogens is 1. The van der Waals surface area contributed by atoms with Gasteiger partial charge in [0.2, 0.25) is 5.43 Å². The molecule has 0 saturated heterocycles. The molecule has 2 aromatic rings. The number of aliphatic hydroxyl groups is 1. The van der Waals surface area contributed by atoms with Crippen LogP contribution < -0.4 is 10.7 Å². The quantitative estimate of drug-likeness (QED) is 0.804. The van der Waals surface area contributed by atoms with Gasteiger partial charge in [0.25, 0.3) is 5.91 Å². The van der Waals surface area contributed by atoms with Crippen molar-refractivity contribution in [3.05, 3.63) is 45.8 Å². The Balaban J connectivity index is 2.33. The van der Waals surface area contributed by atoms with E-state index < -0.39 is 28.6 Å². The maximum atomic E-state index is 13.3. The predicted octanol–water partition coefficient (Wildman–Crippen LogP) is 1.94. The van der Waals surface area contributed by atoms with E-state index in [2.05, 4.69) is 10.3 Å². The summed E-state index contributed by atoms with van der Waals surface area (Å²) in [5.74, 6) is -3.05. The van der Waals surface area contributed by atoms with E-state index in [9.17, 15) is 23.5 Å². The molecule has 0 aliphatic rings. The van der Waals surface area contributed by atoms with Crippen LogP contribution in [0.2, 0.25) is 0 Å². The predicted molar refractivity (Wildman–Crippen MR) is 82.3 cm³/mol. The Bertz CT molecular complexity index is 813. The summed E-state index contributed by atoms with van der Waals surface area (Å²) >= 11 is 0. The molecule has 1 aromatic carbocycles. The van der Waals surface area contributed by atoms with E-state index >= 15 is 0 Å². The molecule has 0 fully saturated rings. The Kier molecular flexibility index (Phi) is 4.51. The monoisotopic (exact) mass is 324 g/mol. The van der Waals surface area contributed by atoms with Crippen LogP contribution in [0.3, 0.4) is 0 Å². The molecule has 1 amide bonds. The van der Waals surface area contributed by atoms with E-state index in [0.717, 1.165) is 18.3 Å². The van der Waals surface area contributed by atoms with Gasteiger partial charge in [0, 0.05) is 24.2 Å². The summed E-state index contributed by atoms with van der Waals surface area (Å²) < 4.78 is 26.5. The van der Waals surface area contributed by atoms with Crippen LogP contribution in [0, 0.1) is 17.6 Å². The molecule has 23 heavy (non-hydrogen) atoms. The smallest absolute Gasteiger partial charge is 0.256 e. The van der Waals surface area contributed by atoms with Gasteiger partial charge in [-0.1, -0.05) is 13.8 Å². The van der Waals surface area contributed by atoms with Gasteiger partial charge in [-0.25, -0.2) is 8.78 Å². The Morgan fingerprint density at radius 3 is 2.57 bits per heavy atom. The molecule has 1 atom stereocenters. The van der Waals surface area contributed by atoms with Crippen LogP contribution in [0.15, 0.2) is 23.1 Å². The lowest BCUT2D eigenvalue weighted by molar-refractivity contribution is 0.0142. The molecule has 0 saturated carbocycles. The molecular weight excluding hydrogens is 306 g/mol. The number of halogens is 2. The van der Waals surface area contributed by atoms with Gasteiger partial charge in [0.1, 0.15) is 5.56 Å². The van der Waals surface area contributed by atoms with Crippen LogP contribution >= 0.6 is 0 Å². The van der Waals surface area contributed by atoms with E-state index in [4.69, 9.17) is 0 Å². The molecule has 7 heteroatoms. The lowest BCUT2D eigenvalue weighted by atomic mass is 9.92. The molecule has 0 spiro atoms. The van der Waals surface area contributed by atoms with Gasteiger partial charge < -0.3 is 15.4 Å². The Morgan fingerprint density at radius 1 is 1.35 bits per heavy atom. The average Bonchev–Trinajstić information content (AvgIpc) is 2.47. The third-order valence-corrected chi connectivity index (χ3v) is 4.02. The fraction of sp³-hybridized carbons (Fsp3) is 0.375. The molecule has 2 rings (SSSR count). The number of amides is 1. The van der Waals surface area contributed by atoms with Crippen molar-refractivity contribution in [1.29, 1.82) is 0 Å². The van der Waals surface area contributed by atoms with Crippen molar-refractivity contribution in [3.63, 3.8) is 0 Å². The standard InChI is InChI=1S/C16H18F2N2O3/c1-8(2)16(3,23)7-20-15(22)10-6-19-13-5-12(18)11(17)4-9(13)14(10)21/h4-6,8,23H,7H2,1-3H3,(H,19,21)(H,20,22). The maximum absolute atomic E-state index is 13.3. The molecule has 1 heterocycles. The van der Waals surface area contributed by atoms with Gasteiger partial charge in [-0.3, -0.25) is 9.59 Å². The highest BCUT2D eigenvalue weighted by Crippen LogP contribution is 2.16. The second-order valence-electron chi connectivity index (χ2n) is 6.04. The molecule has 124 valence electrons. The van der Waals surface area contributed by atoms with Gasteiger partial charge in [0.05, 0.1) is 11.1 Å². The van der Waals surface area contributed by atoms with Gasteiger partial charge in [-0.05, 0) is 18.9 Å². The van der Waals surface area contributed by atoms with E-state index in [1.165, 1.54) is 0 Å². The number of nitrogens with one attached hydrogen (secondary N) is 2. The molecule has 3 N–H and O–H groups in total. The first-order chi connectivity index (χ1) is 10.6. The largest absolute Gasteiger partial charge is 0.388 e. The van der Waals surface area contributed by atoms with Crippen molar-refractivity contribution in [2.24, 2.45) is 5.92 Å². The number of benzene rings is 1. The summed E-state index contributed by atoms with van der Waals surface area (Å²) in [5, 5.41) is 12.5. The maximum Gasteiger partial charge on any atom is 0.256 e. The van der Waals surface area contributed by atoms with Crippen LogP contribution in [0.4, 0.5) is 8.78 Å². The number of aromatic nitrogens is 1. The van der Waals surface area contributed by atoms with E-state index in [-0.39, 0.29) is 28.9 Å². The second kappa shape index (κ2) is 6.08. The van der Waals surface area contributed by atoms with Crippen LogP contribution in [-0.4, -0.2) is 28.1 Å². The number of fused-ring (bicyclic) bond motifs is 1. The Hall–Kier alpha value is -2.28. The van der Waals surface area contributed by atoms with Crippen LogP contribution in [-0.2, 0) is 0 Å². The summed E-state index contributed by atoms with van der Waals surface area (Å²) in [7, 11) is 0. The van der Waals surface area contributed by atoms with E-state index in [1.54, 1.807) is 20.8 Å². The minimum absolute atomic E-state index is 0.0429. The molecule has 0 aliphatic carbocycles. The van der Waals surface area contributed by atoms with Crippen molar-refractivity contribution in [3.8, 4) is 0 Å². The summed E-state index contributed by atoms with van der Waals surface area (Å²) in [6.45, 7) is 5.12. The number of carbonyl (C=O) groups excluding carboxylic acids is 1. The van der Waals surface area contributed by atoms with Crippen molar-refractivity contribution < 1.29 is 18.7 Å². The first-order valence-corrected chi connectivity index (χ1v) is 7.14. The third kappa shape index (κ3) is 3.39. The SMILES string of the molecule is CC(C)C(C)(O)CNC(=O)c1c[nH]c2cc(F)c(F)cc2c1=O. The van der Waals surface area contributed by atoms with Crippen LogP contribution in [0.1, 0.15) is 31.1 Å². The van der Waals surface area contributed by atoms with Crippen LogP contribution in [0.5, 0.6) is 0 Å². The van der Waals surface area contributed by atoms with E-state index in [0.29, 0.717) is 0 Å². The van der Waals surface area contributed by atoms with Crippen molar-refractivity contribution in [2.75, 3.05) is 6.54 Å². The molecular formula is C16H18F2N2O3. The Morgan fingerprint density at radius 2 is 1.96 bits per heavy atom. The molecule has 0 aliphatic heterocycles. The molecule has 1 unspecified atom stereocenters.